The number of fused-ring (bicyclic) bond motifs is 1. The number of carbonyl (C=O) groups is 1. The molecule has 0 amide bonds. The van der Waals surface area contributed by atoms with Gasteiger partial charge in [0.2, 0.25) is 0 Å². The molecule has 0 unspecified atom stereocenters. The summed E-state index contributed by atoms with van der Waals surface area (Å²) in [5, 5.41) is 14.7. The van der Waals surface area contributed by atoms with Crippen molar-refractivity contribution in [1.82, 2.24) is 19.3 Å². The normalized spacial score (nSPS) is 11.2. The third-order valence-electron chi connectivity index (χ3n) is 3.59. The van der Waals surface area contributed by atoms with Gasteiger partial charge in [-0.05, 0) is 34.0 Å². The molecule has 0 aliphatic rings. The Morgan fingerprint density at radius 3 is 2.77 bits per heavy atom. The van der Waals surface area contributed by atoms with E-state index in [1.165, 1.54) is 4.57 Å². The largest absolute Gasteiger partial charge is 0.464 e. The van der Waals surface area contributed by atoms with E-state index in [0.29, 0.717) is 15.8 Å². The molecule has 0 fully saturated rings. The molecule has 0 saturated carbocycles. The van der Waals surface area contributed by atoms with Crippen molar-refractivity contribution < 1.29 is 9.90 Å². The van der Waals surface area contributed by atoms with E-state index in [2.05, 4.69) is 32.9 Å². The average molecular weight is 363 g/mol. The molecule has 3 rings (SSSR count). The van der Waals surface area contributed by atoms with Crippen molar-refractivity contribution >= 4 is 32.9 Å². The molecule has 0 aliphatic heterocycles. The van der Waals surface area contributed by atoms with Crippen LogP contribution in [0.1, 0.15) is 18.9 Å². The Morgan fingerprint density at radius 1 is 1.41 bits per heavy atom. The molecule has 0 saturated heterocycles. The summed E-state index contributed by atoms with van der Waals surface area (Å²) in [6.45, 7) is 2.07. The zero-order chi connectivity index (χ0) is 15.9. The third-order valence-corrected chi connectivity index (χ3v) is 4.03. The van der Waals surface area contributed by atoms with Gasteiger partial charge < -0.3 is 5.11 Å². The number of halogens is 1. The van der Waals surface area contributed by atoms with Crippen LogP contribution in [-0.2, 0) is 13.5 Å². The molecule has 0 spiro atoms. The molecule has 3 aromatic heterocycles. The zero-order valence-corrected chi connectivity index (χ0v) is 13.8. The third kappa shape index (κ3) is 2.31. The first-order chi connectivity index (χ1) is 10.5. The van der Waals surface area contributed by atoms with Gasteiger partial charge in [0.1, 0.15) is 4.60 Å². The first-order valence-electron chi connectivity index (χ1n) is 6.94. The zero-order valence-electron chi connectivity index (χ0n) is 12.2. The Bertz CT molecular complexity index is 866. The summed E-state index contributed by atoms with van der Waals surface area (Å²) >= 11 is 3.32. The van der Waals surface area contributed by atoms with Crippen molar-refractivity contribution in [3.63, 3.8) is 0 Å². The molecule has 6 nitrogen and oxygen atoms in total. The fourth-order valence-electron chi connectivity index (χ4n) is 2.77. The summed E-state index contributed by atoms with van der Waals surface area (Å²) in [7, 11) is 1.81. The SMILES string of the molecule is CCCc1c(-c2cnn(C)c2)n(C(=O)O)c2cc(Br)ncc12. The van der Waals surface area contributed by atoms with Gasteiger partial charge in [-0.2, -0.15) is 5.10 Å². The molecule has 114 valence electrons. The van der Waals surface area contributed by atoms with Crippen LogP contribution in [0.4, 0.5) is 4.79 Å². The summed E-state index contributed by atoms with van der Waals surface area (Å²) in [6, 6.07) is 1.74. The van der Waals surface area contributed by atoms with E-state index in [4.69, 9.17) is 0 Å². The van der Waals surface area contributed by atoms with Gasteiger partial charge in [0.05, 0.1) is 17.4 Å². The van der Waals surface area contributed by atoms with Gasteiger partial charge in [-0.15, -0.1) is 0 Å². The van der Waals surface area contributed by atoms with E-state index in [0.717, 1.165) is 29.4 Å². The Labute approximate surface area is 135 Å². The molecular formula is C15H15BrN4O2. The molecule has 22 heavy (non-hydrogen) atoms. The van der Waals surface area contributed by atoms with Crippen molar-refractivity contribution in [3.05, 3.63) is 34.8 Å². The molecule has 7 heteroatoms. The van der Waals surface area contributed by atoms with Crippen LogP contribution in [0.5, 0.6) is 0 Å². The number of hydrogen-bond acceptors (Lipinski definition) is 3. The van der Waals surface area contributed by atoms with Crippen LogP contribution in [0.3, 0.4) is 0 Å². The number of aromatic nitrogens is 4. The van der Waals surface area contributed by atoms with Gasteiger partial charge in [-0.3, -0.25) is 4.68 Å². The van der Waals surface area contributed by atoms with E-state index in [1.54, 1.807) is 23.1 Å². The monoisotopic (exact) mass is 362 g/mol. The predicted octanol–water partition coefficient (Wildman–Crippen LogP) is 3.68. The van der Waals surface area contributed by atoms with E-state index in [9.17, 15) is 9.90 Å². The number of pyridine rings is 1. The number of carboxylic acid groups (broad SMARTS) is 1. The van der Waals surface area contributed by atoms with Gasteiger partial charge >= 0.3 is 6.09 Å². The highest BCUT2D eigenvalue weighted by Crippen LogP contribution is 2.35. The number of rotatable bonds is 3. The fourth-order valence-corrected chi connectivity index (χ4v) is 3.09. The lowest BCUT2D eigenvalue weighted by Gasteiger charge is -2.05. The molecule has 0 aliphatic carbocycles. The quantitative estimate of drug-likeness (QED) is 0.721. The Morgan fingerprint density at radius 2 is 2.18 bits per heavy atom. The molecule has 1 N–H and O–H groups in total. The van der Waals surface area contributed by atoms with Gasteiger partial charge in [-0.1, -0.05) is 13.3 Å². The van der Waals surface area contributed by atoms with Crippen LogP contribution < -0.4 is 0 Å². The molecule has 0 bridgehead atoms. The van der Waals surface area contributed by atoms with Crippen LogP contribution in [0.25, 0.3) is 22.2 Å². The first kappa shape index (κ1) is 14.8. The first-order valence-corrected chi connectivity index (χ1v) is 7.73. The summed E-state index contributed by atoms with van der Waals surface area (Å²) in [5.41, 5.74) is 3.10. The Hall–Kier alpha value is -2.15. The summed E-state index contributed by atoms with van der Waals surface area (Å²) < 4.78 is 3.60. The second-order valence-electron chi connectivity index (χ2n) is 5.12. The van der Waals surface area contributed by atoms with E-state index in [-0.39, 0.29) is 0 Å². The maximum Gasteiger partial charge on any atom is 0.416 e. The van der Waals surface area contributed by atoms with Crippen molar-refractivity contribution in [2.45, 2.75) is 19.8 Å². The highest BCUT2D eigenvalue weighted by atomic mass is 79.9. The number of hydrogen-bond donors (Lipinski definition) is 1. The standard InChI is InChI=1S/C15H15BrN4O2/c1-3-4-10-11-7-17-13(16)5-12(11)20(15(21)22)14(10)9-6-18-19(2)8-9/h5-8H,3-4H2,1-2H3,(H,21,22). The fraction of sp³-hybridized carbons (Fsp3) is 0.267. The molecular weight excluding hydrogens is 348 g/mol. The predicted molar refractivity (Wildman–Crippen MR) is 87.1 cm³/mol. The van der Waals surface area contributed by atoms with Gasteiger partial charge in [0.25, 0.3) is 0 Å². The van der Waals surface area contributed by atoms with Crippen LogP contribution in [0.15, 0.2) is 29.3 Å². The van der Waals surface area contributed by atoms with Crippen LogP contribution >= 0.6 is 15.9 Å². The average Bonchev–Trinajstić information content (AvgIpc) is 3.01. The minimum absolute atomic E-state index is 0.612. The van der Waals surface area contributed by atoms with E-state index in [1.807, 2.05) is 13.2 Å². The van der Waals surface area contributed by atoms with Crippen LogP contribution in [0, 0.1) is 0 Å². The summed E-state index contributed by atoms with van der Waals surface area (Å²) in [6.07, 6.45) is 5.94. The van der Waals surface area contributed by atoms with Crippen LogP contribution in [0.2, 0.25) is 0 Å². The highest BCUT2D eigenvalue weighted by molar-refractivity contribution is 9.10. The Kier molecular flexibility index (Phi) is 3.74. The molecule has 0 atom stereocenters. The second kappa shape index (κ2) is 5.57. The van der Waals surface area contributed by atoms with Crippen molar-refractivity contribution in [2.24, 2.45) is 7.05 Å². The topological polar surface area (TPSA) is 72.9 Å². The number of aryl methyl sites for hydroxylation is 2. The lowest BCUT2D eigenvalue weighted by atomic mass is 10.0. The lowest BCUT2D eigenvalue weighted by Crippen LogP contribution is -2.09. The molecule has 0 radical (unpaired) electrons. The minimum Gasteiger partial charge on any atom is -0.464 e. The Balaban J connectivity index is 2.43. The molecule has 0 aromatic carbocycles. The lowest BCUT2D eigenvalue weighted by molar-refractivity contribution is 0.198. The van der Waals surface area contributed by atoms with E-state index < -0.39 is 6.09 Å². The smallest absolute Gasteiger partial charge is 0.416 e. The van der Waals surface area contributed by atoms with Crippen molar-refractivity contribution in [1.29, 1.82) is 0 Å². The van der Waals surface area contributed by atoms with Gasteiger partial charge in [-0.25, -0.2) is 14.3 Å². The summed E-state index contributed by atoms with van der Waals surface area (Å²) in [4.78, 5) is 16.1. The highest BCUT2D eigenvalue weighted by Gasteiger charge is 2.23. The molecule has 3 heterocycles. The van der Waals surface area contributed by atoms with Crippen molar-refractivity contribution in [2.75, 3.05) is 0 Å². The van der Waals surface area contributed by atoms with Crippen molar-refractivity contribution in [3.8, 4) is 11.3 Å². The maximum atomic E-state index is 11.8. The maximum absolute atomic E-state index is 11.8. The number of nitrogens with zero attached hydrogens (tertiary/aromatic N) is 4. The second-order valence-corrected chi connectivity index (χ2v) is 5.93. The minimum atomic E-state index is -1.01. The van der Waals surface area contributed by atoms with Crippen LogP contribution in [-0.4, -0.2) is 30.5 Å². The van der Waals surface area contributed by atoms with Gasteiger partial charge in [0.15, 0.2) is 0 Å². The van der Waals surface area contributed by atoms with Gasteiger partial charge in [0, 0.05) is 30.4 Å². The summed E-state index contributed by atoms with van der Waals surface area (Å²) in [5.74, 6) is 0. The van der Waals surface area contributed by atoms with E-state index >= 15 is 0 Å². The molecule has 3 aromatic rings.